The van der Waals surface area contributed by atoms with Crippen LogP contribution in [0.15, 0.2) is 35.7 Å². The third kappa shape index (κ3) is 3.20. The molecule has 1 aromatic carbocycles. The molecule has 3 fully saturated rings. The highest BCUT2D eigenvalue weighted by Gasteiger charge is 2.48. The van der Waals surface area contributed by atoms with E-state index in [1.807, 2.05) is 33.0 Å². The topological polar surface area (TPSA) is 47.6 Å². The number of carbonyl (C=O) groups is 1. The molecule has 1 amide bonds. The van der Waals surface area contributed by atoms with E-state index < -0.39 is 0 Å². The molecule has 28 heavy (non-hydrogen) atoms. The number of benzene rings is 1. The Hall–Kier alpha value is -2.01. The van der Waals surface area contributed by atoms with Crippen LogP contribution in [-0.4, -0.2) is 31.1 Å². The third-order valence-electron chi connectivity index (χ3n) is 7.04. The number of rotatable bonds is 1. The number of amides is 1. The van der Waals surface area contributed by atoms with E-state index in [2.05, 4.69) is 32.8 Å². The van der Waals surface area contributed by atoms with Crippen molar-refractivity contribution in [1.82, 2.24) is 10.4 Å². The molecular formula is C23H36N4O. The van der Waals surface area contributed by atoms with Crippen molar-refractivity contribution in [1.29, 1.82) is 0 Å². The van der Waals surface area contributed by atoms with E-state index >= 15 is 0 Å². The van der Waals surface area contributed by atoms with Crippen molar-refractivity contribution in [2.45, 2.75) is 58.8 Å². The summed E-state index contributed by atoms with van der Waals surface area (Å²) in [5, 5.41) is 5.65. The van der Waals surface area contributed by atoms with Gasteiger partial charge in [-0.05, 0) is 68.6 Å². The average molecular weight is 385 g/mol. The second kappa shape index (κ2) is 7.78. The van der Waals surface area contributed by atoms with Crippen molar-refractivity contribution in [3.05, 3.63) is 35.7 Å². The van der Waals surface area contributed by atoms with Crippen LogP contribution in [0.4, 0.5) is 11.4 Å². The first-order chi connectivity index (χ1) is 13.7. The van der Waals surface area contributed by atoms with Crippen molar-refractivity contribution in [3.63, 3.8) is 0 Å². The monoisotopic (exact) mass is 384 g/mol. The number of para-hydroxylation sites is 2. The zero-order valence-corrected chi connectivity index (χ0v) is 17.6. The fourth-order valence-electron chi connectivity index (χ4n) is 5.39. The summed E-state index contributed by atoms with van der Waals surface area (Å²) >= 11 is 0. The maximum atomic E-state index is 13.8. The first kappa shape index (κ1) is 19.3. The van der Waals surface area contributed by atoms with Crippen molar-refractivity contribution in [2.24, 2.45) is 11.3 Å². The molecule has 0 atom stereocenters. The molecule has 5 aliphatic rings. The molecule has 3 aliphatic carbocycles. The second-order valence-electron chi connectivity index (χ2n) is 8.47. The van der Waals surface area contributed by atoms with E-state index in [1.165, 1.54) is 24.8 Å². The van der Waals surface area contributed by atoms with Crippen LogP contribution in [0.3, 0.4) is 0 Å². The van der Waals surface area contributed by atoms with Gasteiger partial charge in [-0.3, -0.25) is 9.80 Å². The van der Waals surface area contributed by atoms with Crippen molar-refractivity contribution in [3.8, 4) is 0 Å². The first-order valence-corrected chi connectivity index (χ1v) is 11.0. The van der Waals surface area contributed by atoms with E-state index in [9.17, 15) is 4.79 Å². The van der Waals surface area contributed by atoms with Crippen molar-refractivity contribution >= 4 is 17.3 Å². The Morgan fingerprint density at radius 2 is 1.82 bits per heavy atom. The molecule has 0 spiro atoms. The van der Waals surface area contributed by atoms with Crippen LogP contribution >= 0.6 is 0 Å². The SMILES string of the molecule is CC.CN1NCCC2=C1Nc1ccccc1N(C(=O)C13CCC(CC1)CC3)C2.[HH]. The van der Waals surface area contributed by atoms with E-state index in [0.29, 0.717) is 12.5 Å². The minimum atomic E-state index is -0.119. The highest BCUT2D eigenvalue weighted by Crippen LogP contribution is 2.52. The molecule has 0 saturated heterocycles. The van der Waals surface area contributed by atoms with E-state index in [1.54, 1.807) is 0 Å². The van der Waals surface area contributed by atoms with Gasteiger partial charge in [0.2, 0.25) is 5.91 Å². The molecule has 3 saturated carbocycles. The summed E-state index contributed by atoms with van der Waals surface area (Å²) < 4.78 is 0. The van der Waals surface area contributed by atoms with Crippen molar-refractivity contribution < 1.29 is 6.22 Å². The number of nitrogens with zero attached hydrogens (tertiary/aromatic N) is 2. The van der Waals surface area contributed by atoms with Crippen LogP contribution in [-0.2, 0) is 4.79 Å². The van der Waals surface area contributed by atoms with Gasteiger partial charge < -0.3 is 10.2 Å². The van der Waals surface area contributed by atoms with E-state index in [-0.39, 0.29) is 6.84 Å². The standard InChI is InChI=1S/C21H28N4O.C2H6.H2/c1-24-19-16(9-13-22-24)14-25(18-5-3-2-4-17(18)23-19)20(26)21-10-6-15(7-11-21)8-12-21;1-2;/h2-5,15,22-23H,6-14H2,1H3;1-2H3;1H. The first-order valence-electron chi connectivity index (χ1n) is 11.0. The lowest BCUT2D eigenvalue weighted by Gasteiger charge is -2.47. The van der Waals surface area contributed by atoms with Gasteiger partial charge >= 0.3 is 0 Å². The Labute approximate surface area is 170 Å². The third-order valence-corrected chi connectivity index (χ3v) is 7.04. The number of nitrogens with one attached hydrogen (secondary N) is 2. The lowest BCUT2D eigenvalue weighted by Crippen LogP contribution is -2.50. The number of hydrogen-bond donors (Lipinski definition) is 2. The lowest BCUT2D eigenvalue weighted by atomic mass is 9.60. The van der Waals surface area contributed by atoms with Gasteiger partial charge in [0.05, 0.1) is 17.9 Å². The van der Waals surface area contributed by atoms with Gasteiger partial charge in [-0.25, -0.2) is 5.43 Å². The minimum absolute atomic E-state index is 0. The molecule has 2 aliphatic heterocycles. The van der Waals surface area contributed by atoms with Crippen LogP contribution in [0.5, 0.6) is 0 Å². The molecule has 2 bridgehead atoms. The van der Waals surface area contributed by atoms with Crippen LogP contribution in [0.25, 0.3) is 0 Å². The van der Waals surface area contributed by atoms with Gasteiger partial charge in [-0.2, -0.15) is 0 Å². The lowest BCUT2D eigenvalue weighted by molar-refractivity contribution is -0.134. The Balaban J connectivity index is 0.000000778. The molecule has 5 nitrogen and oxygen atoms in total. The fraction of sp³-hybridized carbons (Fsp3) is 0.609. The molecule has 2 heterocycles. The van der Waals surface area contributed by atoms with Gasteiger partial charge in [-0.15, -0.1) is 0 Å². The minimum Gasteiger partial charge on any atom is -0.339 e. The molecular weight excluding hydrogens is 348 g/mol. The summed E-state index contributed by atoms with van der Waals surface area (Å²) in [5.41, 5.74) is 6.64. The molecule has 154 valence electrons. The van der Waals surface area contributed by atoms with Crippen LogP contribution < -0.4 is 15.6 Å². The van der Waals surface area contributed by atoms with E-state index in [4.69, 9.17) is 0 Å². The number of anilines is 2. The highest BCUT2D eigenvalue weighted by atomic mass is 16.2. The number of fused-ring (bicyclic) bond motifs is 4. The predicted molar refractivity (Wildman–Crippen MR) is 117 cm³/mol. The summed E-state index contributed by atoms with van der Waals surface area (Å²) in [6.07, 6.45) is 7.92. The summed E-state index contributed by atoms with van der Waals surface area (Å²) in [7, 11) is 2.04. The molecule has 5 heteroatoms. The molecule has 2 N–H and O–H groups in total. The molecule has 0 radical (unpaired) electrons. The summed E-state index contributed by atoms with van der Waals surface area (Å²) in [5.74, 6) is 2.33. The Morgan fingerprint density at radius 3 is 2.54 bits per heavy atom. The van der Waals surface area contributed by atoms with Crippen LogP contribution in [0.1, 0.15) is 60.2 Å². The maximum absolute atomic E-state index is 13.8. The zero-order chi connectivity index (χ0) is 19.7. The quantitative estimate of drug-likeness (QED) is 0.734. The molecule has 0 unspecified atom stereocenters. The van der Waals surface area contributed by atoms with Gasteiger partial charge in [0, 0.05) is 20.4 Å². The zero-order valence-electron chi connectivity index (χ0n) is 17.6. The second-order valence-corrected chi connectivity index (χ2v) is 8.47. The Bertz CT molecular complexity index is 756. The predicted octanol–water partition coefficient (Wildman–Crippen LogP) is 4.74. The normalized spacial score (nSPS) is 28.5. The summed E-state index contributed by atoms with van der Waals surface area (Å²) in [4.78, 5) is 15.9. The maximum Gasteiger partial charge on any atom is 0.233 e. The highest BCUT2D eigenvalue weighted by molar-refractivity contribution is 6.01. The molecule has 6 rings (SSSR count). The number of hydrazine groups is 1. The van der Waals surface area contributed by atoms with Gasteiger partial charge in [0.1, 0.15) is 5.82 Å². The average Bonchev–Trinajstić information content (AvgIpc) is 2.94. The number of hydrogen-bond acceptors (Lipinski definition) is 4. The summed E-state index contributed by atoms with van der Waals surface area (Å²) in [6, 6.07) is 8.27. The van der Waals surface area contributed by atoms with Crippen LogP contribution in [0, 0.1) is 11.3 Å². The van der Waals surface area contributed by atoms with Crippen LogP contribution in [0.2, 0.25) is 0 Å². The molecule has 1 aromatic rings. The Kier molecular flexibility index (Phi) is 5.37. The van der Waals surface area contributed by atoms with Crippen molar-refractivity contribution in [2.75, 3.05) is 30.4 Å². The van der Waals surface area contributed by atoms with Gasteiger partial charge in [0.15, 0.2) is 0 Å². The largest absolute Gasteiger partial charge is 0.339 e. The van der Waals surface area contributed by atoms with Gasteiger partial charge in [0.25, 0.3) is 0 Å². The fourth-order valence-corrected chi connectivity index (χ4v) is 5.39. The number of carbonyl (C=O) groups excluding carboxylic acids is 1. The smallest absolute Gasteiger partial charge is 0.233 e. The summed E-state index contributed by atoms with van der Waals surface area (Å²) in [6.45, 7) is 5.62. The van der Waals surface area contributed by atoms with Gasteiger partial charge in [-0.1, -0.05) is 26.0 Å². The molecule has 0 aromatic heterocycles. The Morgan fingerprint density at radius 1 is 1.14 bits per heavy atom. The van der Waals surface area contributed by atoms with E-state index in [0.717, 1.165) is 55.3 Å².